The summed E-state index contributed by atoms with van der Waals surface area (Å²) in [5, 5.41) is 0. The van der Waals surface area contributed by atoms with Gasteiger partial charge < -0.3 is 4.90 Å². The van der Waals surface area contributed by atoms with Crippen molar-refractivity contribution in [1.29, 1.82) is 0 Å². The summed E-state index contributed by atoms with van der Waals surface area (Å²) in [5.74, 6) is 0.604. The highest BCUT2D eigenvalue weighted by atomic mass is 16.2. The van der Waals surface area contributed by atoms with E-state index in [-0.39, 0.29) is 18.0 Å². The number of nitrogens with zero attached hydrogens (tertiary/aromatic N) is 1. The molecule has 0 bridgehead atoms. The molecule has 0 aliphatic carbocycles. The Kier molecular flexibility index (Phi) is 5.09. The fourth-order valence-electron chi connectivity index (χ4n) is 4.94. The zero-order valence-electron chi connectivity index (χ0n) is 16.8. The van der Waals surface area contributed by atoms with E-state index in [1.807, 2.05) is 6.07 Å². The van der Waals surface area contributed by atoms with Crippen LogP contribution >= 0.6 is 0 Å². The van der Waals surface area contributed by atoms with Crippen molar-refractivity contribution in [2.24, 2.45) is 5.92 Å². The lowest BCUT2D eigenvalue weighted by Gasteiger charge is -2.37. The van der Waals surface area contributed by atoms with Gasteiger partial charge in [-0.15, -0.1) is 0 Å². The molecule has 4 N–H and O–H groups in total. The normalized spacial score (nSPS) is 31.6. The first-order valence-corrected chi connectivity index (χ1v) is 10.7. The molecule has 5 rings (SSSR count). The van der Waals surface area contributed by atoms with Crippen LogP contribution in [0.1, 0.15) is 31.4 Å². The fraction of sp³-hybridized carbons (Fsp3) is 0.435. The molecule has 3 heterocycles. The molecule has 3 fully saturated rings. The number of nitrogens with one attached hydrogen (secondary N) is 4. The fourth-order valence-corrected chi connectivity index (χ4v) is 4.94. The van der Waals surface area contributed by atoms with E-state index in [9.17, 15) is 4.79 Å². The van der Waals surface area contributed by atoms with Crippen LogP contribution in [-0.4, -0.2) is 42.0 Å². The van der Waals surface area contributed by atoms with Gasteiger partial charge in [0.05, 0.1) is 6.04 Å². The van der Waals surface area contributed by atoms with Crippen LogP contribution in [-0.2, 0) is 4.79 Å². The van der Waals surface area contributed by atoms with Crippen LogP contribution in [0.15, 0.2) is 54.6 Å². The van der Waals surface area contributed by atoms with Crippen molar-refractivity contribution in [3.8, 4) is 11.1 Å². The van der Waals surface area contributed by atoms with Crippen molar-refractivity contribution in [3.05, 3.63) is 60.2 Å². The van der Waals surface area contributed by atoms with Crippen LogP contribution in [0, 0.1) is 5.92 Å². The Morgan fingerprint density at radius 3 is 2.41 bits per heavy atom. The van der Waals surface area contributed by atoms with Crippen molar-refractivity contribution in [1.82, 2.24) is 26.6 Å². The van der Waals surface area contributed by atoms with E-state index in [1.54, 1.807) is 0 Å². The second kappa shape index (κ2) is 7.88. The summed E-state index contributed by atoms with van der Waals surface area (Å²) in [7, 11) is 0. The summed E-state index contributed by atoms with van der Waals surface area (Å²) >= 11 is 0. The number of hydrazine groups is 2. The summed E-state index contributed by atoms with van der Waals surface area (Å²) in [5.41, 5.74) is 17.0. The maximum Gasteiger partial charge on any atom is 0.241 e. The molecule has 2 aromatic carbocycles. The topological polar surface area (TPSA) is 68.4 Å². The molecule has 6 nitrogen and oxygen atoms in total. The lowest BCUT2D eigenvalue weighted by molar-refractivity contribution is -0.135. The van der Waals surface area contributed by atoms with Gasteiger partial charge in [0.2, 0.25) is 5.91 Å². The van der Waals surface area contributed by atoms with E-state index in [4.69, 9.17) is 0 Å². The van der Waals surface area contributed by atoms with Gasteiger partial charge in [0.1, 0.15) is 6.04 Å². The highest BCUT2D eigenvalue weighted by Crippen LogP contribution is 2.35. The maximum absolute atomic E-state index is 13.0. The Balaban J connectivity index is 1.30. The second-order valence-corrected chi connectivity index (χ2v) is 8.58. The minimum absolute atomic E-state index is 0.104. The summed E-state index contributed by atoms with van der Waals surface area (Å²) < 4.78 is 0. The standard InChI is InChI=1S/C23H29N5O/c1-15-13-21(26-24-15)23(29)28-12-11-20-19(14-28)22(27-25-20)18-9-7-17(8-10-18)16-5-3-2-4-6-16/h2-10,15,19-22,24-27H,11-14H2,1H3. The molecule has 0 saturated carbocycles. The number of carbonyl (C=O) groups is 1. The predicted octanol–water partition coefficient (Wildman–Crippen LogP) is 1.97. The highest BCUT2D eigenvalue weighted by molar-refractivity contribution is 5.82. The molecule has 5 unspecified atom stereocenters. The van der Waals surface area contributed by atoms with Crippen molar-refractivity contribution < 1.29 is 4.79 Å². The van der Waals surface area contributed by atoms with Crippen molar-refractivity contribution in [2.75, 3.05) is 13.1 Å². The average Bonchev–Trinajstić information content (AvgIpc) is 3.40. The Hall–Kier alpha value is -2.25. The number of carbonyl (C=O) groups excluding carboxylic acids is 1. The van der Waals surface area contributed by atoms with E-state index in [2.05, 4.69) is 82.1 Å². The maximum atomic E-state index is 13.0. The lowest BCUT2D eigenvalue weighted by atomic mass is 9.84. The number of amides is 1. The van der Waals surface area contributed by atoms with Crippen LogP contribution in [0.5, 0.6) is 0 Å². The van der Waals surface area contributed by atoms with Crippen molar-refractivity contribution in [3.63, 3.8) is 0 Å². The smallest absolute Gasteiger partial charge is 0.241 e. The number of likely N-dealkylation sites (tertiary alicyclic amines) is 1. The van der Waals surface area contributed by atoms with E-state index in [0.29, 0.717) is 18.0 Å². The first-order chi connectivity index (χ1) is 14.2. The summed E-state index contributed by atoms with van der Waals surface area (Å²) in [6.07, 6.45) is 1.84. The van der Waals surface area contributed by atoms with Crippen molar-refractivity contribution in [2.45, 2.75) is 43.9 Å². The van der Waals surface area contributed by atoms with Crippen LogP contribution < -0.4 is 21.7 Å². The summed E-state index contributed by atoms with van der Waals surface area (Å²) in [6, 6.07) is 20.1. The molecule has 3 aliphatic rings. The molecule has 0 radical (unpaired) electrons. The van der Waals surface area contributed by atoms with Crippen LogP contribution in [0.3, 0.4) is 0 Å². The minimum atomic E-state index is -0.104. The molecule has 3 aliphatic heterocycles. The minimum Gasteiger partial charge on any atom is -0.341 e. The highest BCUT2D eigenvalue weighted by Gasteiger charge is 2.43. The number of benzene rings is 2. The number of rotatable bonds is 3. The molecule has 2 aromatic rings. The third kappa shape index (κ3) is 3.69. The quantitative estimate of drug-likeness (QED) is 0.644. The number of fused-ring (bicyclic) bond motifs is 1. The van der Waals surface area contributed by atoms with Gasteiger partial charge in [0, 0.05) is 31.1 Å². The van der Waals surface area contributed by atoms with Crippen LogP contribution in [0.4, 0.5) is 0 Å². The van der Waals surface area contributed by atoms with E-state index in [1.165, 1.54) is 16.7 Å². The Morgan fingerprint density at radius 2 is 1.69 bits per heavy atom. The van der Waals surface area contributed by atoms with Gasteiger partial charge in [-0.3, -0.25) is 15.6 Å². The zero-order chi connectivity index (χ0) is 19.8. The van der Waals surface area contributed by atoms with Gasteiger partial charge in [-0.05, 0) is 36.5 Å². The van der Waals surface area contributed by atoms with E-state index >= 15 is 0 Å². The van der Waals surface area contributed by atoms with E-state index in [0.717, 1.165) is 25.9 Å². The first-order valence-electron chi connectivity index (χ1n) is 10.7. The van der Waals surface area contributed by atoms with Crippen LogP contribution in [0.2, 0.25) is 0 Å². The molecule has 5 atom stereocenters. The van der Waals surface area contributed by atoms with Gasteiger partial charge in [-0.25, -0.2) is 10.9 Å². The Labute approximate surface area is 172 Å². The van der Waals surface area contributed by atoms with E-state index < -0.39 is 0 Å². The molecule has 3 saturated heterocycles. The Morgan fingerprint density at radius 1 is 0.931 bits per heavy atom. The molecule has 1 amide bonds. The molecule has 152 valence electrons. The zero-order valence-corrected chi connectivity index (χ0v) is 16.8. The molecule has 0 spiro atoms. The third-order valence-electron chi connectivity index (χ3n) is 6.59. The monoisotopic (exact) mass is 391 g/mol. The van der Waals surface area contributed by atoms with Gasteiger partial charge >= 0.3 is 0 Å². The van der Waals surface area contributed by atoms with Crippen molar-refractivity contribution >= 4 is 5.91 Å². The lowest BCUT2D eigenvalue weighted by Crippen LogP contribution is -2.53. The molecule has 0 aromatic heterocycles. The molecule has 29 heavy (non-hydrogen) atoms. The summed E-state index contributed by atoms with van der Waals surface area (Å²) in [4.78, 5) is 15.0. The average molecular weight is 392 g/mol. The number of hydrogen-bond acceptors (Lipinski definition) is 5. The summed E-state index contributed by atoms with van der Waals surface area (Å²) in [6.45, 7) is 3.72. The third-order valence-corrected chi connectivity index (χ3v) is 6.59. The number of piperidine rings is 1. The second-order valence-electron chi connectivity index (χ2n) is 8.58. The van der Waals surface area contributed by atoms with Gasteiger partial charge in [-0.2, -0.15) is 0 Å². The number of hydrogen-bond donors (Lipinski definition) is 4. The predicted molar refractivity (Wildman–Crippen MR) is 114 cm³/mol. The Bertz CT molecular complexity index is 855. The largest absolute Gasteiger partial charge is 0.341 e. The van der Waals surface area contributed by atoms with Gasteiger partial charge in [0.25, 0.3) is 0 Å². The SMILES string of the molecule is CC1CC(C(=O)N2CCC3NNC(c4ccc(-c5ccccc5)cc4)C3C2)NN1. The van der Waals surface area contributed by atoms with Gasteiger partial charge in [-0.1, -0.05) is 54.6 Å². The molecular formula is C23H29N5O. The van der Waals surface area contributed by atoms with Crippen LogP contribution in [0.25, 0.3) is 11.1 Å². The molecular weight excluding hydrogens is 362 g/mol. The van der Waals surface area contributed by atoms with Gasteiger partial charge in [0.15, 0.2) is 0 Å². The first kappa shape index (κ1) is 18.8. The molecule has 6 heteroatoms.